The first-order chi connectivity index (χ1) is 13.0. The van der Waals surface area contributed by atoms with Gasteiger partial charge in [-0.3, -0.25) is 4.79 Å². The summed E-state index contributed by atoms with van der Waals surface area (Å²) in [6.45, 7) is 15.1. The molecule has 0 unspecified atom stereocenters. The zero-order chi connectivity index (χ0) is 19.0. The molecule has 4 rings (SSSR count). The van der Waals surface area contributed by atoms with Crippen LogP contribution < -0.4 is 0 Å². The van der Waals surface area contributed by atoms with Crippen LogP contribution >= 0.6 is 0 Å². The molecule has 0 radical (unpaired) electrons. The first-order valence-corrected chi connectivity index (χ1v) is 11.7. The number of carbonyl (C=O) groups excluding carboxylic acids is 1. The van der Waals surface area contributed by atoms with Gasteiger partial charge in [-0.2, -0.15) is 0 Å². The number of rotatable bonds is 5. The molecule has 4 fully saturated rings. The standard InChI is InChI=1S/C23H41N3O/c1-4-19-5-11-25(12-6-19)21-7-9-24(10-8-21)15-20-13-23(14-20)16-26(17-23)22(27)18(2)3/h18-21H,4-17H2,1-3H3. The van der Waals surface area contributed by atoms with Crippen LogP contribution in [0.25, 0.3) is 0 Å². The van der Waals surface area contributed by atoms with E-state index in [9.17, 15) is 4.79 Å². The second-order valence-electron chi connectivity index (χ2n) is 10.5. The van der Waals surface area contributed by atoms with Gasteiger partial charge in [-0.05, 0) is 76.5 Å². The zero-order valence-electron chi connectivity index (χ0n) is 18.0. The van der Waals surface area contributed by atoms with Gasteiger partial charge in [-0.25, -0.2) is 0 Å². The predicted octanol–water partition coefficient (Wildman–Crippen LogP) is 3.47. The number of hydrogen-bond donors (Lipinski definition) is 0. The van der Waals surface area contributed by atoms with Gasteiger partial charge in [0.25, 0.3) is 0 Å². The third kappa shape index (κ3) is 4.22. The van der Waals surface area contributed by atoms with Gasteiger partial charge in [0.2, 0.25) is 5.91 Å². The van der Waals surface area contributed by atoms with Crippen LogP contribution in [-0.4, -0.2) is 72.5 Å². The van der Waals surface area contributed by atoms with Gasteiger partial charge >= 0.3 is 0 Å². The normalized spacial score (nSPS) is 28.5. The van der Waals surface area contributed by atoms with E-state index >= 15 is 0 Å². The fourth-order valence-corrected chi connectivity index (χ4v) is 6.40. The van der Waals surface area contributed by atoms with Crippen molar-refractivity contribution in [1.82, 2.24) is 14.7 Å². The second kappa shape index (κ2) is 8.02. The summed E-state index contributed by atoms with van der Waals surface area (Å²) in [4.78, 5) is 19.7. The van der Waals surface area contributed by atoms with Crippen LogP contribution in [-0.2, 0) is 4.79 Å². The Hall–Kier alpha value is -0.610. The molecule has 1 saturated carbocycles. The fourth-order valence-electron chi connectivity index (χ4n) is 6.40. The van der Waals surface area contributed by atoms with Crippen LogP contribution in [0, 0.1) is 23.2 Å². The van der Waals surface area contributed by atoms with Crippen molar-refractivity contribution in [3.8, 4) is 0 Å². The molecule has 27 heavy (non-hydrogen) atoms. The second-order valence-corrected chi connectivity index (χ2v) is 10.5. The number of amides is 1. The molecule has 0 N–H and O–H groups in total. The molecule has 4 aliphatic rings. The highest BCUT2D eigenvalue weighted by Crippen LogP contribution is 2.52. The summed E-state index contributed by atoms with van der Waals surface area (Å²) in [5.41, 5.74) is 0.511. The fraction of sp³-hybridized carbons (Fsp3) is 0.957. The lowest BCUT2D eigenvalue weighted by atomic mass is 9.57. The summed E-state index contributed by atoms with van der Waals surface area (Å²) in [5, 5.41) is 0. The molecule has 3 saturated heterocycles. The monoisotopic (exact) mass is 375 g/mol. The molecule has 154 valence electrons. The van der Waals surface area contributed by atoms with E-state index in [2.05, 4.69) is 21.6 Å². The Kier molecular flexibility index (Phi) is 5.85. The van der Waals surface area contributed by atoms with Gasteiger partial charge in [0.1, 0.15) is 0 Å². The molecule has 3 heterocycles. The van der Waals surface area contributed by atoms with Crippen molar-refractivity contribution in [2.75, 3.05) is 45.8 Å². The molecule has 4 nitrogen and oxygen atoms in total. The molecular weight excluding hydrogens is 334 g/mol. The molecule has 1 amide bonds. The third-order valence-corrected chi connectivity index (χ3v) is 8.12. The van der Waals surface area contributed by atoms with Crippen LogP contribution in [0.4, 0.5) is 0 Å². The number of hydrogen-bond acceptors (Lipinski definition) is 3. The molecule has 0 bridgehead atoms. The van der Waals surface area contributed by atoms with E-state index in [0.717, 1.165) is 31.0 Å². The minimum atomic E-state index is 0.160. The number of nitrogens with zero attached hydrogens (tertiary/aromatic N) is 3. The lowest BCUT2D eigenvalue weighted by Gasteiger charge is -2.60. The quantitative estimate of drug-likeness (QED) is 0.736. The highest BCUT2D eigenvalue weighted by molar-refractivity contribution is 5.79. The van der Waals surface area contributed by atoms with Gasteiger partial charge in [0, 0.05) is 37.0 Å². The van der Waals surface area contributed by atoms with Gasteiger partial charge in [0.15, 0.2) is 0 Å². The Morgan fingerprint density at radius 3 is 2.15 bits per heavy atom. The molecule has 1 aliphatic carbocycles. The molecule has 0 atom stereocenters. The Bertz CT molecular complexity index is 504. The average molecular weight is 376 g/mol. The van der Waals surface area contributed by atoms with Gasteiger partial charge < -0.3 is 14.7 Å². The van der Waals surface area contributed by atoms with E-state index in [1.54, 1.807) is 0 Å². The predicted molar refractivity (Wildman–Crippen MR) is 111 cm³/mol. The Balaban J connectivity index is 1.12. The van der Waals surface area contributed by atoms with Crippen molar-refractivity contribution in [2.45, 2.75) is 71.8 Å². The molecule has 0 aromatic heterocycles. The number of likely N-dealkylation sites (tertiary alicyclic amines) is 3. The molecule has 1 spiro atoms. The van der Waals surface area contributed by atoms with Crippen LogP contribution in [0.15, 0.2) is 0 Å². The smallest absolute Gasteiger partial charge is 0.225 e. The highest BCUT2D eigenvalue weighted by atomic mass is 16.2. The van der Waals surface area contributed by atoms with Crippen molar-refractivity contribution < 1.29 is 4.79 Å². The maximum Gasteiger partial charge on any atom is 0.225 e. The van der Waals surface area contributed by atoms with Crippen molar-refractivity contribution in [2.24, 2.45) is 23.2 Å². The van der Waals surface area contributed by atoms with E-state index < -0.39 is 0 Å². The van der Waals surface area contributed by atoms with E-state index in [-0.39, 0.29) is 5.92 Å². The van der Waals surface area contributed by atoms with Crippen LogP contribution in [0.3, 0.4) is 0 Å². The third-order valence-electron chi connectivity index (χ3n) is 8.12. The van der Waals surface area contributed by atoms with E-state index in [1.807, 2.05) is 13.8 Å². The Morgan fingerprint density at radius 2 is 1.59 bits per heavy atom. The maximum atomic E-state index is 12.1. The van der Waals surface area contributed by atoms with Gasteiger partial charge in [0.05, 0.1) is 0 Å². The van der Waals surface area contributed by atoms with E-state index in [0.29, 0.717) is 11.3 Å². The average Bonchev–Trinajstić information content (AvgIpc) is 2.62. The Labute approximate surface area is 166 Å². The minimum Gasteiger partial charge on any atom is -0.341 e. The van der Waals surface area contributed by atoms with E-state index in [1.165, 1.54) is 77.7 Å². The molecule has 0 aromatic rings. The number of piperidine rings is 2. The summed E-state index contributed by atoms with van der Waals surface area (Å²) in [6.07, 6.45) is 9.71. The summed E-state index contributed by atoms with van der Waals surface area (Å²) in [6, 6.07) is 0.856. The summed E-state index contributed by atoms with van der Waals surface area (Å²) >= 11 is 0. The van der Waals surface area contributed by atoms with Gasteiger partial charge in [-0.1, -0.05) is 27.2 Å². The zero-order valence-corrected chi connectivity index (χ0v) is 18.0. The summed E-state index contributed by atoms with van der Waals surface area (Å²) in [7, 11) is 0. The minimum absolute atomic E-state index is 0.160. The lowest BCUT2D eigenvalue weighted by Crippen LogP contribution is -2.65. The Morgan fingerprint density at radius 1 is 0.963 bits per heavy atom. The summed E-state index contributed by atoms with van der Waals surface area (Å²) in [5.74, 6) is 2.39. The van der Waals surface area contributed by atoms with Crippen molar-refractivity contribution in [3.05, 3.63) is 0 Å². The molecule has 0 aromatic carbocycles. The molecular formula is C23H41N3O. The molecule has 3 aliphatic heterocycles. The van der Waals surface area contributed by atoms with Crippen molar-refractivity contribution in [1.29, 1.82) is 0 Å². The van der Waals surface area contributed by atoms with Gasteiger partial charge in [-0.15, -0.1) is 0 Å². The van der Waals surface area contributed by atoms with Crippen LogP contribution in [0.2, 0.25) is 0 Å². The van der Waals surface area contributed by atoms with Crippen molar-refractivity contribution >= 4 is 5.91 Å². The topological polar surface area (TPSA) is 26.8 Å². The highest BCUT2D eigenvalue weighted by Gasteiger charge is 2.53. The largest absolute Gasteiger partial charge is 0.341 e. The maximum absolute atomic E-state index is 12.1. The van der Waals surface area contributed by atoms with Crippen molar-refractivity contribution in [3.63, 3.8) is 0 Å². The van der Waals surface area contributed by atoms with Crippen LogP contribution in [0.1, 0.15) is 65.7 Å². The summed E-state index contributed by atoms with van der Waals surface area (Å²) < 4.78 is 0. The van der Waals surface area contributed by atoms with Crippen LogP contribution in [0.5, 0.6) is 0 Å². The molecule has 4 heteroatoms. The first-order valence-electron chi connectivity index (χ1n) is 11.7. The van der Waals surface area contributed by atoms with E-state index in [4.69, 9.17) is 0 Å². The lowest BCUT2D eigenvalue weighted by molar-refractivity contribution is -0.159. The SMILES string of the molecule is CCC1CCN(C2CCN(CC3CC4(C3)CN(C(=O)C(C)C)C4)CC2)CC1. The number of carbonyl (C=O) groups is 1. The first kappa shape index (κ1) is 19.7.